The molecule has 0 amide bonds. The Balaban J connectivity index is 1.88. The van der Waals surface area contributed by atoms with Gasteiger partial charge in [0.1, 0.15) is 0 Å². The molecule has 1 aliphatic heterocycles. The smallest absolute Gasteiger partial charge is 0.0471 e. The molecule has 1 aromatic carbocycles. The highest BCUT2D eigenvalue weighted by molar-refractivity contribution is 5.19. The normalized spacial score (nSPS) is 23.5. The quantitative estimate of drug-likeness (QED) is 0.863. The number of piperidine rings is 1. The van der Waals surface area contributed by atoms with E-state index < -0.39 is 0 Å². The average Bonchev–Trinajstić information content (AvgIpc) is 2.40. The Morgan fingerprint density at radius 1 is 1.35 bits per heavy atom. The fraction of sp³-hybridized carbons (Fsp3) is 0.600. The lowest BCUT2D eigenvalue weighted by Crippen LogP contribution is -2.38. The Morgan fingerprint density at radius 2 is 2.12 bits per heavy atom. The van der Waals surface area contributed by atoms with E-state index >= 15 is 0 Å². The molecular weight excluding hydrogens is 210 g/mol. The SMILES string of the molecule is CC(CN1CCCC(CO)C1)c1ccccc1. The second-order valence-corrected chi connectivity index (χ2v) is 5.26. The molecule has 1 N–H and O–H groups in total. The number of aliphatic hydroxyl groups is 1. The molecule has 2 unspecified atom stereocenters. The van der Waals surface area contributed by atoms with E-state index in [4.69, 9.17) is 0 Å². The highest BCUT2D eigenvalue weighted by Crippen LogP contribution is 2.21. The Morgan fingerprint density at radius 3 is 2.82 bits per heavy atom. The van der Waals surface area contributed by atoms with Gasteiger partial charge in [0.05, 0.1) is 0 Å². The molecule has 2 atom stereocenters. The van der Waals surface area contributed by atoms with E-state index in [1.165, 1.54) is 24.9 Å². The predicted octanol–water partition coefficient (Wildman–Crippen LogP) is 2.49. The fourth-order valence-electron chi connectivity index (χ4n) is 2.74. The number of nitrogens with zero attached hydrogens (tertiary/aromatic N) is 1. The monoisotopic (exact) mass is 233 g/mol. The van der Waals surface area contributed by atoms with Crippen LogP contribution in [-0.4, -0.2) is 36.2 Å². The summed E-state index contributed by atoms with van der Waals surface area (Å²) in [6.45, 7) is 6.00. The van der Waals surface area contributed by atoms with Gasteiger partial charge in [-0.05, 0) is 36.8 Å². The molecule has 2 rings (SSSR count). The Kier molecular flexibility index (Phi) is 4.57. The fourth-order valence-corrected chi connectivity index (χ4v) is 2.74. The third-order valence-corrected chi connectivity index (χ3v) is 3.76. The predicted molar refractivity (Wildman–Crippen MR) is 71.1 cm³/mol. The van der Waals surface area contributed by atoms with Crippen molar-refractivity contribution in [2.24, 2.45) is 5.92 Å². The van der Waals surface area contributed by atoms with Crippen LogP contribution in [0.2, 0.25) is 0 Å². The minimum atomic E-state index is 0.343. The molecule has 94 valence electrons. The summed E-state index contributed by atoms with van der Waals surface area (Å²) < 4.78 is 0. The summed E-state index contributed by atoms with van der Waals surface area (Å²) in [7, 11) is 0. The van der Waals surface area contributed by atoms with E-state index in [1.54, 1.807) is 0 Å². The van der Waals surface area contributed by atoms with Gasteiger partial charge in [0.2, 0.25) is 0 Å². The van der Waals surface area contributed by atoms with Gasteiger partial charge in [-0.15, -0.1) is 0 Å². The molecule has 0 aromatic heterocycles. The van der Waals surface area contributed by atoms with Crippen molar-refractivity contribution in [2.75, 3.05) is 26.2 Å². The number of likely N-dealkylation sites (tertiary alicyclic amines) is 1. The van der Waals surface area contributed by atoms with E-state index in [2.05, 4.69) is 42.2 Å². The summed E-state index contributed by atoms with van der Waals surface area (Å²) in [6.07, 6.45) is 2.42. The van der Waals surface area contributed by atoms with Crippen LogP contribution in [-0.2, 0) is 0 Å². The topological polar surface area (TPSA) is 23.5 Å². The van der Waals surface area contributed by atoms with Gasteiger partial charge >= 0.3 is 0 Å². The Labute approximate surface area is 104 Å². The summed E-state index contributed by atoms with van der Waals surface area (Å²) in [5.74, 6) is 1.07. The molecule has 1 aromatic rings. The summed E-state index contributed by atoms with van der Waals surface area (Å²) >= 11 is 0. The van der Waals surface area contributed by atoms with Crippen LogP contribution in [0, 0.1) is 5.92 Å². The van der Waals surface area contributed by atoms with Crippen LogP contribution in [0.25, 0.3) is 0 Å². The molecule has 0 spiro atoms. The molecule has 1 heterocycles. The maximum atomic E-state index is 9.23. The molecule has 0 radical (unpaired) electrons. The van der Waals surface area contributed by atoms with E-state index in [-0.39, 0.29) is 0 Å². The lowest BCUT2D eigenvalue weighted by molar-refractivity contribution is 0.117. The van der Waals surface area contributed by atoms with Crippen molar-refractivity contribution < 1.29 is 5.11 Å². The summed E-state index contributed by atoms with van der Waals surface area (Å²) in [4.78, 5) is 2.50. The van der Waals surface area contributed by atoms with Crippen molar-refractivity contribution in [2.45, 2.75) is 25.7 Å². The van der Waals surface area contributed by atoms with Gasteiger partial charge in [0, 0.05) is 19.7 Å². The number of benzene rings is 1. The van der Waals surface area contributed by atoms with Crippen LogP contribution in [0.5, 0.6) is 0 Å². The van der Waals surface area contributed by atoms with Gasteiger partial charge < -0.3 is 10.0 Å². The van der Waals surface area contributed by atoms with Crippen molar-refractivity contribution in [1.82, 2.24) is 4.90 Å². The maximum Gasteiger partial charge on any atom is 0.0471 e. The zero-order valence-electron chi connectivity index (χ0n) is 10.7. The van der Waals surface area contributed by atoms with Crippen molar-refractivity contribution >= 4 is 0 Å². The lowest BCUT2D eigenvalue weighted by atomic mass is 9.96. The van der Waals surface area contributed by atoms with Crippen molar-refractivity contribution in [3.63, 3.8) is 0 Å². The van der Waals surface area contributed by atoms with Crippen LogP contribution in [0.1, 0.15) is 31.2 Å². The molecule has 1 saturated heterocycles. The number of hydrogen-bond acceptors (Lipinski definition) is 2. The first kappa shape index (κ1) is 12.6. The van der Waals surface area contributed by atoms with Crippen molar-refractivity contribution in [3.8, 4) is 0 Å². The largest absolute Gasteiger partial charge is 0.396 e. The van der Waals surface area contributed by atoms with Gasteiger partial charge in [-0.25, -0.2) is 0 Å². The van der Waals surface area contributed by atoms with Gasteiger partial charge in [-0.2, -0.15) is 0 Å². The minimum Gasteiger partial charge on any atom is -0.396 e. The lowest BCUT2D eigenvalue weighted by Gasteiger charge is -2.33. The standard InChI is InChI=1S/C15H23NO/c1-13(15-7-3-2-4-8-15)10-16-9-5-6-14(11-16)12-17/h2-4,7-8,13-14,17H,5-6,9-12H2,1H3. The summed E-state index contributed by atoms with van der Waals surface area (Å²) in [5, 5.41) is 9.23. The van der Waals surface area contributed by atoms with Crippen LogP contribution >= 0.6 is 0 Å². The van der Waals surface area contributed by atoms with Crippen molar-refractivity contribution in [1.29, 1.82) is 0 Å². The minimum absolute atomic E-state index is 0.343. The molecule has 0 aliphatic carbocycles. The molecule has 2 nitrogen and oxygen atoms in total. The Hall–Kier alpha value is -0.860. The number of hydrogen-bond donors (Lipinski definition) is 1. The second kappa shape index (κ2) is 6.18. The van der Waals surface area contributed by atoms with Crippen LogP contribution in [0.15, 0.2) is 30.3 Å². The van der Waals surface area contributed by atoms with Crippen LogP contribution < -0.4 is 0 Å². The molecule has 2 heteroatoms. The molecular formula is C15H23NO. The first-order valence-corrected chi connectivity index (χ1v) is 6.67. The zero-order chi connectivity index (χ0) is 12.1. The molecule has 17 heavy (non-hydrogen) atoms. The van der Waals surface area contributed by atoms with Gasteiger partial charge in [-0.1, -0.05) is 37.3 Å². The molecule has 0 bridgehead atoms. The van der Waals surface area contributed by atoms with E-state index in [0.717, 1.165) is 13.1 Å². The summed E-state index contributed by atoms with van der Waals surface area (Å²) in [5.41, 5.74) is 1.42. The Bertz CT molecular complexity index is 325. The third-order valence-electron chi connectivity index (χ3n) is 3.76. The van der Waals surface area contributed by atoms with E-state index in [9.17, 15) is 5.11 Å². The summed E-state index contributed by atoms with van der Waals surface area (Å²) in [6, 6.07) is 10.7. The number of rotatable bonds is 4. The molecule has 1 aliphatic rings. The molecule has 1 fully saturated rings. The highest BCUT2D eigenvalue weighted by Gasteiger charge is 2.20. The average molecular weight is 233 g/mol. The van der Waals surface area contributed by atoms with Gasteiger partial charge in [-0.3, -0.25) is 0 Å². The van der Waals surface area contributed by atoms with Gasteiger partial charge in [0.25, 0.3) is 0 Å². The second-order valence-electron chi connectivity index (χ2n) is 5.26. The van der Waals surface area contributed by atoms with E-state index in [1.807, 2.05) is 0 Å². The number of aliphatic hydroxyl groups excluding tert-OH is 1. The van der Waals surface area contributed by atoms with Crippen LogP contribution in [0.4, 0.5) is 0 Å². The molecule has 0 saturated carbocycles. The first-order chi connectivity index (χ1) is 8.29. The third kappa shape index (κ3) is 3.55. The first-order valence-electron chi connectivity index (χ1n) is 6.67. The zero-order valence-corrected chi connectivity index (χ0v) is 10.7. The van der Waals surface area contributed by atoms with Crippen molar-refractivity contribution in [3.05, 3.63) is 35.9 Å². The van der Waals surface area contributed by atoms with E-state index in [0.29, 0.717) is 18.4 Å². The maximum absolute atomic E-state index is 9.23. The van der Waals surface area contributed by atoms with Crippen LogP contribution in [0.3, 0.4) is 0 Å². The van der Waals surface area contributed by atoms with Gasteiger partial charge in [0.15, 0.2) is 0 Å². The highest BCUT2D eigenvalue weighted by atomic mass is 16.3.